The molecule has 0 aliphatic heterocycles. The van der Waals surface area contributed by atoms with Gasteiger partial charge < -0.3 is 29.1 Å². The van der Waals surface area contributed by atoms with Crippen molar-refractivity contribution in [2.75, 3.05) is 50.2 Å². The number of aromatic nitrogens is 6. The molecular formula is C38H38K2N12O8S2. The number of H-pyrrole nitrogens is 4. The molecule has 2 aromatic heterocycles. The summed E-state index contributed by atoms with van der Waals surface area (Å²) in [5.74, 6) is 0.539. The van der Waals surface area contributed by atoms with Crippen molar-refractivity contribution in [1.29, 1.82) is 0 Å². The minimum atomic E-state index is -5.13. The molecule has 0 aliphatic carbocycles. The smallest absolute Gasteiger partial charge is 0.744 e. The molecule has 6 aromatic rings. The average molecular weight is 933 g/mol. The summed E-state index contributed by atoms with van der Waals surface area (Å²) in [5.41, 5.74) is 1.40. The number of likely N-dealkylation sites (N-methyl/N-ethyl adjacent to an activating group) is 2. The minimum Gasteiger partial charge on any atom is -0.744 e. The van der Waals surface area contributed by atoms with Gasteiger partial charge in [-0.15, -0.1) is 0 Å². The van der Waals surface area contributed by atoms with Crippen molar-refractivity contribution < 1.29 is 139 Å². The minimum absolute atomic E-state index is 0. The summed E-state index contributed by atoms with van der Waals surface area (Å²) in [6.45, 7) is 0.0734. The molecule has 62 heavy (non-hydrogen) atoms. The number of hydrogen-bond donors (Lipinski definition) is 6. The van der Waals surface area contributed by atoms with Gasteiger partial charge in [-0.3, -0.25) is 19.9 Å². The van der Waals surface area contributed by atoms with E-state index in [1.54, 1.807) is 72.4 Å². The second-order valence-electron chi connectivity index (χ2n) is 12.8. The first-order valence-electron chi connectivity index (χ1n) is 17.9. The van der Waals surface area contributed by atoms with E-state index >= 15 is 0 Å². The van der Waals surface area contributed by atoms with Gasteiger partial charge in [-0.05, 0) is 59.7 Å². The van der Waals surface area contributed by atoms with Crippen LogP contribution in [0.15, 0.2) is 127 Å². The Kier molecular flexibility index (Phi) is 19.3. The molecule has 0 fully saturated rings. The molecule has 312 valence electrons. The molecule has 2 heterocycles. The van der Waals surface area contributed by atoms with Crippen LogP contribution >= 0.6 is 0 Å². The predicted molar refractivity (Wildman–Crippen MR) is 218 cm³/mol. The fourth-order valence-electron chi connectivity index (χ4n) is 5.47. The Balaban J connectivity index is 0.00000422. The van der Waals surface area contributed by atoms with Crippen molar-refractivity contribution in [3.05, 3.63) is 131 Å². The predicted octanol–water partition coefficient (Wildman–Crippen LogP) is -4.44. The van der Waals surface area contributed by atoms with Crippen molar-refractivity contribution in [2.45, 2.75) is 9.79 Å². The molecule has 0 saturated carbocycles. The zero-order valence-corrected chi connectivity index (χ0v) is 41.8. The maximum absolute atomic E-state index is 12.5. The van der Waals surface area contributed by atoms with Crippen LogP contribution in [-0.4, -0.2) is 106 Å². The largest absolute Gasteiger partial charge is 1.00 e. The van der Waals surface area contributed by atoms with Crippen LogP contribution in [0, 0.1) is 0 Å². The van der Waals surface area contributed by atoms with Gasteiger partial charge in [0.05, 0.1) is 45.8 Å². The second kappa shape index (κ2) is 23.4. The second-order valence-corrected chi connectivity index (χ2v) is 15.5. The van der Waals surface area contributed by atoms with Gasteiger partial charge in [0.2, 0.25) is 34.4 Å². The molecule has 0 spiro atoms. The summed E-state index contributed by atoms with van der Waals surface area (Å²) in [6, 6.07) is 25.3. The van der Waals surface area contributed by atoms with Crippen LogP contribution in [-0.2, 0) is 20.2 Å². The zero-order chi connectivity index (χ0) is 42.9. The normalized spacial score (nSPS) is 12.9. The van der Waals surface area contributed by atoms with Crippen LogP contribution in [0.3, 0.4) is 0 Å². The SMILES string of the molecule is CN(CCO)c1nc(=Nc2ccccc2)[nH]c(=Nc2ccc(/C=C/c3ccc(N=c4[nH]c(N(C)CCO)nc(=Nc5ccccc5)[nH]4)cc3S(=O)(=O)[O-])c(S(=O)(=O)[O-])c2)[nH]1.[K+].[K+]. The van der Waals surface area contributed by atoms with E-state index in [4.69, 9.17) is 0 Å². The number of aliphatic hydroxyl groups is 2. The summed E-state index contributed by atoms with van der Waals surface area (Å²) in [4.78, 5) is 40.3. The maximum atomic E-state index is 12.5. The molecule has 0 radical (unpaired) electrons. The third-order valence-corrected chi connectivity index (χ3v) is 10.2. The topological polar surface area (TPSA) is 300 Å². The number of aromatic amines is 4. The molecular weight excluding hydrogens is 895 g/mol. The van der Waals surface area contributed by atoms with E-state index in [2.05, 4.69) is 49.9 Å². The van der Waals surface area contributed by atoms with E-state index in [-0.39, 0.29) is 186 Å². The molecule has 0 atom stereocenters. The van der Waals surface area contributed by atoms with Crippen LogP contribution in [0.1, 0.15) is 11.1 Å². The van der Waals surface area contributed by atoms with Crippen molar-refractivity contribution in [3.8, 4) is 0 Å². The van der Waals surface area contributed by atoms with Gasteiger partial charge in [-0.25, -0.2) is 36.8 Å². The van der Waals surface area contributed by atoms with E-state index in [1.165, 1.54) is 36.4 Å². The van der Waals surface area contributed by atoms with Gasteiger partial charge in [0.15, 0.2) is 0 Å². The van der Waals surface area contributed by atoms with Crippen molar-refractivity contribution >= 4 is 67.0 Å². The molecule has 0 unspecified atom stereocenters. The van der Waals surface area contributed by atoms with Gasteiger partial charge in [0, 0.05) is 27.2 Å². The molecule has 0 bridgehead atoms. The standard InChI is InChI=1S/C38H40N12O8S2.2K/c1-49(19-21-51)37-45-33(39-27-9-5-3-6-10-27)43-35(47-37)41-29-17-15-25(31(23-29)59(53,54)55)13-14-26-16-18-30(24-32(26)60(56,57)58)42-36-44-34(40-28-11-7-4-8-12-28)46-38(48-36)50(2)20-22-52;;/h3-18,23-24,51-52H,19-22H2,1-2H3,(H,53,54,55)(H,56,57,58)(H2,39,41,43,45,47)(H2,40,42,44,46,48);;/q;2*+1/p-2/b14-13+;;. The Morgan fingerprint density at radius 2 is 0.935 bits per heavy atom. The molecule has 20 nitrogen and oxygen atoms in total. The number of nitrogens with zero attached hydrogens (tertiary/aromatic N) is 8. The first kappa shape index (κ1) is 51.1. The number of rotatable bonds is 14. The number of anilines is 2. The van der Waals surface area contributed by atoms with E-state index < -0.39 is 30.0 Å². The van der Waals surface area contributed by atoms with Crippen molar-refractivity contribution in [1.82, 2.24) is 29.9 Å². The molecule has 0 saturated heterocycles. The zero-order valence-electron chi connectivity index (χ0n) is 34.0. The Morgan fingerprint density at radius 3 is 1.27 bits per heavy atom. The fraction of sp³-hybridized carbons (Fsp3) is 0.158. The first-order chi connectivity index (χ1) is 28.7. The maximum Gasteiger partial charge on any atom is 1.00 e. The first-order valence-corrected chi connectivity index (χ1v) is 20.7. The van der Waals surface area contributed by atoms with Crippen LogP contribution in [0.4, 0.5) is 34.6 Å². The monoisotopic (exact) mass is 932 g/mol. The Hall–Kier alpha value is -3.55. The summed E-state index contributed by atoms with van der Waals surface area (Å²) < 4.78 is 75.1. The number of nitrogens with one attached hydrogen (secondary N) is 4. The van der Waals surface area contributed by atoms with E-state index in [0.29, 0.717) is 11.4 Å². The number of para-hydroxylation sites is 2. The fourth-order valence-corrected chi connectivity index (χ4v) is 6.85. The summed E-state index contributed by atoms with van der Waals surface area (Å²) in [5, 5.41) is 18.9. The molecule has 0 aliphatic rings. The van der Waals surface area contributed by atoms with Crippen molar-refractivity contribution in [3.63, 3.8) is 0 Å². The average Bonchev–Trinajstić information content (AvgIpc) is 3.20. The number of benzene rings is 4. The van der Waals surface area contributed by atoms with Gasteiger partial charge in [-0.1, -0.05) is 60.7 Å². The molecule has 6 rings (SSSR count). The van der Waals surface area contributed by atoms with Crippen LogP contribution in [0.5, 0.6) is 0 Å². The van der Waals surface area contributed by atoms with E-state index in [9.17, 15) is 36.2 Å². The number of hydrogen-bond acceptors (Lipinski definition) is 16. The third-order valence-electron chi connectivity index (χ3n) is 8.38. The van der Waals surface area contributed by atoms with E-state index in [1.807, 2.05) is 12.1 Å². The molecule has 4 aromatic carbocycles. The summed E-state index contributed by atoms with van der Waals surface area (Å²) >= 11 is 0. The third kappa shape index (κ3) is 14.5. The van der Waals surface area contributed by atoms with Crippen molar-refractivity contribution in [2.24, 2.45) is 20.0 Å². The Bertz CT molecular complexity index is 2830. The van der Waals surface area contributed by atoms with Crippen LogP contribution in [0.25, 0.3) is 12.2 Å². The Labute approximate surface area is 440 Å². The molecule has 6 N–H and O–H groups in total. The molecule has 0 amide bonds. The number of aliphatic hydroxyl groups excluding tert-OH is 2. The van der Waals surface area contributed by atoms with Crippen LogP contribution in [0.2, 0.25) is 0 Å². The van der Waals surface area contributed by atoms with E-state index in [0.717, 1.165) is 12.1 Å². The van der Waals surface area contributed by atoms with Gasteiger partial charge in [0.25, 0.3) is 0 Å². The Morgan fingerprint density at radius 1 is 0.565 bits per heavy atom. The van der Waals surface area contributed by atoms with Crippen LogP contribution < -0.4 is 135 Å². The quantitative estimate of drug-likeness (QED) is 0.0343. The van der Waals surface area contributed by atoms with Gasteiger partial charge >= 0.3 is 103 Å². The van der Waals surface area contributed by atoms with Gasteiger partial charge in [-0.2, -0.15) is 9.97 Å². The summed E-state index contributed by atoms with van der Waals surface area (Å²) in [6.07, 6.45) is 2.37. The summed E-state index contributed by atoms with van der Waals surface area (Å²) in [7, 11) is -6.91. The molecule has 24 heteroatoms. The van der Waals surface area contributed by atoms with Gasteiger partial charge in [0.1, 0.15) is 20.2 Å².